The summed E-state index contributed by atoms with van der Waals surface area (Å²) < 4.78 is 10.6. The van der Waals surface area contributed by atoms with Crippen LogP contribution in [0.3, 0.4) is 0 Å². The molecule has 1 heterocycles. The molecule has 0 saturated carbocycles. The van der Waals surface area contributed by atoms with Gasteiger partial charge in [-0.15, -0.1) is 0 Å². The highest BCUT2D eigenvalue weighted by Gasteiger charge is 2.31. The van der Waals surface area contributed by atoms with E-state index < -0.39 is 23.8 Å². The van der Waals surface area contributed by atoms with E-state index in [-0.39, 0.29) is 19.1 Å². The van der Waals surface area contributed by atoms with Crippen LogP contribution in [0.5, 0.6) is 0 Å². The maximum Gasteiger partial charge on any atom is 0.410 e. The van der Waals surface area contributed by atoms with E-state index in [1.54, 1.807) is 4.90 Å². The van der Waals surface area contributed by atoms with Gasteiger partial charge in [0, 0.05) is 26.2 Å². The van der Waals surface area contributed by atoms with Crippen molar-refractivity contribution in [2.45, 2.75) is 51.7 Å². The third-order valence-electron chi connectivity index (χ3n) is 4.40. The van der Waals surface area contributed by atoms with Crippen molar-refractivity contribution >= 4 is 12.1 Å². The van der Waals surface area contributed by atoms with Crippen LogP contribution in [0.2, 0.25) is 0 Å². The smallest absolute Gasteiger partial charge is 0.410 e. The zero-order valence-electron chi connectivity index (χ0n) is 16.8. The monoisotopic (exact) mass is 393 g/mol. The number of amides is 1. The quantitative estimate of drug-likeness (QED) is 0.702. The van der Waals surface area contributed by atoms with Crippen molar-refractivity contribution in [1.82, 2.24) is 9.80 Å². The van der Waals surface area contributed by atoms with Crippen LogP contribution in [0, 0.1) is 0 Å². The molecule has 1 aliphatic heterocycles. The molecular weight excluding hydrogens is 362 g/mol. The number of hydrogen-bond donors (Lipinski definition) is 2. The zero-order valence-corrected chi connectivity index (χ0v) is 16.8. The minimum absolute atomic E-state index is 0.163. The Morgan fingerprint density at radius 3 is 2.32 bits per heavy atom. The SMILES string of the molecule is CC(C)(C)OC(=O)N1CCN(C(N)[C@H](O)CC(=O)OCc2ccccc2)CC1. The number of hydrogen-bond acceptors (Lipinski definition) is 7. The molecule has 8 nitrogen and oxygen atoms in total. The summed E-state index contributed by atoms with van der Waals surface area (Å²) in [6.07, 6.45) is -2.28. The summed E-state index contributed by atoms with van der Waals surface area (Å²) in [4.78, 5) is 27.5. The van der Waals surface area contributed by atoms with E-state index in [2.05, 4.69) is 0 Å². The van der Waals surface area contributed by atoms with E-state index in [0.717, 1.165) is 5.56 Å². The number of piperazine rings is 1. The van der Waals surface area contributed by atoms with Crippen LogP contribution in [0.4, 0.5) is 4.79 Å². The number of ether oxygens (including phenoxy) is 2. The number of carbonyl (C=O) groups is 2. The van der Waals surface area contributed by atoms with Gasteiger partial charge in [0.1, 0.15) is 12.2 Å². The van der Waals surface area contributed by atoms with E-state index in [1.165, 1.54) is 0 Å². The third-order valence-corrected chi connectivity index (χ3v) is 4.40. The highest BCUT2D eigenvalue weighted by molar-refractivity contribution is 5.70. The molecule has 1 amide bonds. The second kappa shape index (κ2) is 9.86. The van der Waals surface area contributed by atoms with E-state index in [1.807, 2.05) is 56.0 Å². The molecule has 8 heteroatoms. The highest BCUT2D eigenvalue weighted by atomic mass is 16.6. The van der Waals surface area contributed by atoms with Crippen LogP contribution in [0.1, 0.15) is 32.8 Å². The fraction of sp³-hybridized carbons (Fsp3) is 0.600. The van der Waals surface area contributed by atoms with Crippen molar-refractivity contribution in [2.75, 3.05) is 26.2 Å². The summed E-state index contributed by atoms with van der Waals surface area (Å²) in [6, 6.07) is 9.34. The molecule has 2 atom stereocenters. The lowest BCUT2D eigenvalue weighted by molar-refractivity contribution is -0.148. The maximum absolute atomic E-state index is 12.1. The Morgan fingerprint density at radius 2 is 1.75 bits per heavy atom. The largest absolute Gasteiger partial charge is 0.461 e. The van der Waals surface area contributed by atoms with Gasteiger partial charge >= 0.3 is 12.1 Å². The number of aliphatic hydroxyl groups excluding tert-OH is 1. The lowest BCUT2D eigenvalue weighted by atomic mass is 10.1. The summed E-state index contributed by atoms with van der Waals surface area (Å²) >= 11 is 0. The van der Waals surface area contributed by atoms with Crippen LogP contribution >= 0.6 is 0 Å². The van der Waals surface area contributed by atoms with Gasteiger partial charge in [0.2, 0.25) is 0 Å². The van der Waals surface area contributed by atoms with Gasteiger partial charge in [-0.3, -0.25) is 9.69 Å². The third kappa shape index (κ3) is 7.10. The molecule has 1 aliphatic rings. The summed E-state index contributed by atoms with van der Waals surface area (Å²) in [5, 5.41) is 10.3. The molecule has 0 spiro atoms. The van der Waals surface area contributed by atoms with Crippen LogP contribution in [-0.4, -0.2) is 71.0 Å². The second-order valence-electron chi connectivity index (χ2n) is 7.91. The van der Waals surface area contributed by atoms with Crippen LogP contribution in [0.15, 0.2) is 30.3 Å². The minimum Gasteiger partial charge on any atom is -0.461 e. The Bertz CT molecular complexity index is 639. The minimum atomic E-state index is -1.05. The van der Waals surface area contributed by atoms with Crippen molar-refractivity contribution in [3.05, 3.63) is 35.9 Å². The average Bonchev–Trinajstić information content (AvgIpc) is 2.65. The highest BCUT2D eigenvalue weighted by Crippen LogP contribution is 2.14. The molecule has 1 aromatic rings. The molecule has 0 aromatic heterocycles. The van der Waals surface area contributed by atoms with E-state index in [4.69, 9.17) is 15.2 Å². The fourth-order valence-electron chi connectivity index (χ4n) is 2.86. The second-order valence-corrected chi connectivity index (χ2v) is 7.91. The molecule has 156 valence electrons. The number of nitrogens with two attached hydrogens (primary N) is 1. The van der Waals surface area contributed by atoms with Gasteiger partial charge < -0.3 is 25.2 Å². The van der Waals surface area contributed by atoms with Gasteiger partial charge in [-0.05, 0) is 26.3 Å². The lowest BCUT2D eigenvalue weighted by Gasteiger charge is -2.39. The number of benzene rings is 1. The number of nitrogens with zero attached hydrogens (tertiary/aromatic N) is 2. The molecular formula is C20H31N3O5. The Hall–Kier alpha value is -2.16. The van der Waals surface area contributed by atoms with Gasteiger partial charge in [0.05, 0.1) is 18.7 Å². The van der Waals surface area contributed by atoms with Crippen LogP contribution in [-0.2, 0) is 20.9 Å². The van der Waals surface area contributed by atoms with Crippen molar-refractivity contribution in [3.8, 4) is 0 Å². The van der Waals surface area contributed by atoms with Crippen molar-refractivity contribution < 1.29 is 24.2 Å². The fourth-order valence-corrected chi connectivity index (χ4v) is 2.86. The summed E-state index contributed by atoms with van der Waals surface area (Å²) in [5.41, 5.74) is 6.45. The Kier molecular flexibility index (Phi) is 7.79. The molecule has 2 rings (SSSR count). The lowest BCUT2D eigenvalue weighted by Crippen LogP contribution is -2.58. The zero-order chi connectivity index (χ0) is 20.7. The standard InChI is InChI=1S/C20H31N3O5/c1-20(2,3)28-19(26)23-11-9-22(10-12-23)18(21)16(24)13-17(25)27-14-15-7-5-4-6-8-15/h4-8,16,18,24H,9-14,21H2,1-3H3/t16-,18?/m1/s1. The van der Waals surface area contributed by atoms with Crippen molar-refractivity contribution in [1.29, 1.82) is 0 Å². The first-order valence-corrected chi connectivity index (χ1v) is 9.51. The molecule has 1 unspecified atom stereocenters. The first kappa shape index (κ1) is 22.1. The Balaban J connectivity index is 1.73. The Labute approximate surface area is 166 Å². The number of esters is 1. The van der Waals surface area contributed by atoms with E-state index in [0.29, 0.717) is 26.2 Å². The van der Waals surface area contributed by atoms with Crippen molar-refractivity contribution in [3.63, 3.8) is 0 Å². The first-order valence-electron chi connectivity index (χ1n) is 9.51. The Morgan fingerprint density at radius 1 is 1.14 bits per heavy atom. The topological polar surface area (TPSA) is 105 Å². The predicted molar refractivity (Wildman–Crippen MR) is 104 cm³/mol. The van der Waals surface area contributed by atoms with Crippen LogP contribution < -0.4 is 5.73 Å². The van der Waals surface area contributed by atoms with E-state index >= 15 is 0 Å². The molecule has 0 aliphatic carbocycles. The average molecular weight is 393 g/mol. The molecule has 1 aromatic carbocycles. The molecule has 1 fully saturated rings. The van der Waals surface area contributed by atoms with Gasteiger partial charge in [-0.2, -0.15) is 0 Å². The molecule has 1 saturated heterocycles. The molecule has 0 bridgehead atoms. The van der Waals surface area contributed by atoms with Gasteiger partial charge in [0.25, 0.3) is 0 Å². The summed E-state index contributed by atoms with van der Waals surface area (Å²) in [6.45, 7) is 7.53. The van der Waals surface area contributed by atoms with Gasteiger partial charge in [-0.25, -0.2) is 4.79 Å². The van der Waals surface area contributed by atoms with Gasteiger partial charge in [0.15, 0.2) is 0 Å². The predicted octanol–water partition coefficient (Wildman–Crippen LogP) is 1.32. The number of aliphatic hydroxyl groups is 1. The number of rotatable bonds is 6. The summed E-state index contributed by atoms with van der Waals surface area (Å²) in [5.74, 6) is -0.501. The molecule has 3 N–H and O–H groups in total. The molecule has 0 radical (unpaired) electrons. The number of carbonyl (C=O) groups excluding carboxylic acids is 2. The van der Waals surface area contributed by atoms with E-state index in [9.17, 15) is 14.7 Å². The normalized spacial score (nSPS) is 17.7. The van der Waals surface area contributed by atoms with Crippen molar-refractivity contribution in [2.24, 2.45) is 5.73 Å². The van der Waals surface area contributed by atoms with Gasteiger partial charge in [-0.1, -0.05) is 30.3 Å². The maximum atomic E-state index is 12.1. The van der Waals surface area contributed by atoms with Crippen LogP contribution in [0.25, 0.3) is 0 Å². The summed E-state index contributed by atoms with van der Waals surface area (Å²) in [7, 11) is 0. The first-order chi connectivity index (χ1) is 13.2. The molecule has 28 heavy (non-hydrogen) atoms.